The Labute approximate surface area is 254 Å². The number of aryl methyl sites for hydroxylation is 3. The van der Waals surface area contributed by atoms with Gasteiger partial charge in [0.15, 0.2) is 0 Å². The molecule has 203 valence electrons. The van der Waals surface area contributed by atoms with Crippen molar-refractivity contribution in [1.29, 1.82) is 0 Å². The van der Waals surface area contributed by atoms with Crippen LogP contribution in [0.25, 0.3) is 50.0 Å². The van der Waals surface area contributed by atoms with Crippen LogP contribution in [0.2, 0.25) is 0 Å². The second-order valence-corrected chi connectivity index (χ2v) is 9.99. The Morgan fingerprint density at radius 2 is 1.24 bits per heavy atom. The third kappa shape index (κ3) is 6.05. The van der Waals surface area contributed by atoms with E-state index in [9.17, 15) is 0 Å². The molecule has 4 heteroatoms. The van der Waals surface area contributed by atoms with Gasteiger partial charge in [-0.3, -0.25) is 0 Å². The van der Waals surface area contributed by atoms with Crippen LogP contribution in [0.4, 0.5) is 0 Å². The number of fused-ring (bicyclic) bond motifs is 3. The number of nitrogens with zero attached hydrogens (tertiary/aromatic N) is 3. The molecular formula is C37H29IrN3-2. The monoisotopic (exact) mass is 708 g/mol. The number of hydrogen-bond acceptors (Lipinski definition) is 2. The van der Waals surface area contributed by atoms with Gasteiger partial charge in [0.2, 0.25) is 0 Å². The van der Waals surface area contributed by atoms with E-state index < -0.39 is 0 Å². The molecule has 0 aliphatic heterocycles. The molecule has 0 unspecified atom stereocenters. The first-order valence-electron chi connectivity index (χ1n) is 13.4. The number of hydrogen-bond donors (Lipinski definition) is 0. The number of benzene rings is 4. The molecule has 0 aliphatic rings. The van der Waals surface area contributed by atoms with Crippen LogP contribution in [0.3, 0.4) is 0 Å². The number of rotatable bonds is 3. The largest absolute Gasteiger partial charge is 0.327 e. The molecule has 3 aromatic heterocycles. The molecule has 0 N–H and O–H groups in total. The van der Waals surface area contributed by atoms with E-state index in [4.69, 9.17) is 0 Å². The van der Waals surface area contributed by atoms with Crippen LogP contribution >= 0.6 is 0 Å². The molecule has 0 fully saturated rings. The predicted octanol–water partition coefficient (Wildman–Crippen LogP) is 9.12. The van der Waals surface area contributed by atoms with Gasteiger partial charge < -0.3 is 14.5 Å². The molecule has 0 bridgehead atoms. The number of pyridine rings is 2. The molecule has 3 heterocycles. The van der Waals surface area contributed by atoms with Gasteiger partial charge in [-0.1, -0.05) is 67.6 Å². The quantitative estimate of drug-likeness (QED) is 0.172. The maximum Gasteiger partial charge on any atom is 0.0523 e. The molecule has 0 atom stereocenters. The zero-order chi connectivity index (χ0) is 27.5. The molecule has 0 amide bonds. The average Bonchev–Trinajstić information content (AvgIpc) is 3.33. The van der Waals surface area contributed by atoms with Crippen LogP contribution in [0.5, 0.6) is 0 Å². The van der Waals surface area contributed by atoms with E-state index in [0.717, 1.165) is 39.5 Å². The van der Waals surface area contributed by atoms with Crippen LogP contribution in [-0.4, -0.2) is 14.5 Å². The van der Waals surface area contributed by atoms with Crippen molar-refractivity contribution in [3.05, 3.63) is 150 Å². The maximum absolute atomic E-state index is 4.56. The van der Waals surface area contributed by atoms with Gasteiger partial charge in [-0.25, -0.2) is 0 Å². The second-order valence-electron chi connectivity index (χ2n) is 9.99. The summed E-state index contributed by atoms with van der Waals surface area (Å²) in [5.41, 5.74) is 11.0. The van der Waals surface area contributed by atoms with E-state index in [0.29, 0.717) is 0 Å². The summed E-state index contributed by atoms with van der Waals surface area (Å²) in [5, 5.41) is 2.54. The van der Waals surface area contributed by atoms with Gasteiger partial charge in [-0.15, -0.1) is 65.2 Å². The molecule has 0 saturated heterocycles. The summed E-state index contributed by atoms with van der Waals surface area (Å²) in [6, 6.07) is 46.1. The molecule has 0 saturated carbocycles. The Bertz CT molecular complexity index is 1840. The van der Waals surface area contributed by atoms with Crippen molar-refractivity contribution in [1.82, 2.24) is 14.5 Å². The summed E-state index contributed by atoms with van der Waals surface area (Å²) in [4.78, 5) is 9.01. The van der Waals surface area contributed by atoms with Crippen molar-refractivity contribution in [2.75, 3.05) is 0 Å². The van der Waals surface area contributed by atoms with Crippen LogP contribution in [0, 0.1) is 32.9 Å². The van der Waals surface area contributed by atoms with Gasteiger partial charge in [0, 0.05) is 42.8 Å². The standard InChI is InChI=1S/C24H17N2.C13H12N.Ir/c1-17-13-14-22(25-16-17)18-7-6-8-19(15-18)26-23-11-4-2-9-20(23)21-10-3-5-12-24(21)26;1-10-5-3-7-12(9-10)13-8-4-6-11(2)14-13;/h2-6,8-16H,1H3;3-6,8-9H,1-2H3;/q2*-1;. The van der Waals surface area contributed by atoms with Crippen LogP contribution < -0.4 is 0 Å². The first-order valence-corrected chi connectivity index (χ1v) is 13.4. The van der Waals surface area contributed by atoms with Crippen molar-refractivity contribution >= 4 is 21.8 Å². The Hall–Kier alpha value is -4.37. The first kappa shape index (κ1) is 28.2. The molecule has 7 aromatic rings. The summed E-state index contributed by atoms with van der Waals surface area (Å²) < 4.78 is 2.32. The number of para-hydroxylation sites is 2. The number of aromatic nitrogens is 3. The van der Waals surface area contributed by atoms with Gasteiger partial charge in [0.25, 0.3) is 0 Å². The Kier molecular flexibility index (Phi) is 8.54. The van der Waals surface area contributed by atoms with Gasteiger partial charge in [-0.05, 0) is 54.7 Å². The molecule has 4 aromatic carbocycles. The molecule has 41 heavy (non-hydrogen) atoms. The summed E-state index contributed by atoms with van der Waals surface area (Å²) in [5.74, 6) is 0. The molecule has 0 spiro atoms. The predicted molar refractivity (Wildman–Crippen MR) is 166 cm³/mol. The van der Waals surface area contributed by atoms with E-state index in [2.05, 4.69) is 119 Å². The minimum Gasteiger partial charge on any atom is -0.327 e. The molecular weight excluding hydrogens is 679 g/mol. The summed E-state index contributed by atoms with van der Waals surface area (Å²) >= 11 is 0. The third-order valence-corrected chi connectivity index (χ3v) is 6.93. The van der Waals surface area contributed by atoms with Gasteiger partial charge in [0.1, 0.15) is 0 Å². The zero-order valence-electron chi connectivity index (χ0n) is 23.2. The minimum atomic E-state index is 0. The Balaban J connectivity index is 0.000000192. The van der Waals surface area contributed by atoms with Crippen molar-refractivity contribution in [3.8, 4) is 28.2 Å². The van der Waals surface area contributed by atoms with E-state index in [1.165, 1.54) is 27.4 Å². The molecule has 1 radical (unpaired) electrons. The van der Waals surface area contributed by atoms with E-state index in [-0.39, 0.29) is 20.1 Å². The summed E-state index contributed by atoms with van der Waals surface area (Å²) in [7, 11) is 0. The minimum absolute atomic E-state index is 0. The fourth-order valence-corrected chi connectivity index (χ4v) is 4.99. The Morgan fingerprint density at radius 3 is 1.88 bits per heavy atom. The molecule has 0 aliphatic carbocycles. The molecule has 7 rings (SSSR count). The topological polar surface area (TPSA) is 30.7 Å². The third-order valence-electron chi connectivity index (χ3n) is 6.93. The van der Waals surface area contributed by atoms with Gasteiger partial charge in [0.05, 0.1) is 11.0 Å². The van der Waals surface area contributed by atoms with Crippen LogP contribution in [0.15, 0.2) is 121 Å². The van der Waals surface area contributed by atoms with E-state index in [1.807, 2.05) is 49.5 Å². The van der Waals surface area contributed by atoms with Crippen molar-refractivity contribution < 1.29 is 20.1 Å². The fraction of sp³-hybridized carbons (Fsp3) is 0.0811. The van der Waals surface area contributed by atoms with Crippen LogP contribution in [0.1, 0.15) is 16.8 Å². The van der Waals surface area contributed by atoms with Gasteiger partial charge in [-0.2, -0.15) is 0 Å². The smallest absolute Gasteiger partial charge is 0.0523 e. The average molecular weight is 708 g/mol. The van der Waals surface area contributed by atoms with Crippen molar-refractivity contribution in [2.24, 2.45) is 0 Å². The maximum atomic E-state index is 4.56. The van der Waals surface area contributed by atoms with E-state index in [1.54, 1.807) is 0 Å². The Morgan fingerprint density at radius 1 is 0.585 bits per heavy atom. The van der Waals surface area contributed by atoms with E-state index >= 15 is 0 Å². The summed E-state index contributed by atoms with van der Waals surface area (Å²) in [6.45, 7) is 6.13. The normalized spacial score (nSPS) is 10.6. The van der Waals surface area contributed by atoms with Crippen molar-refractivity contribution in [3.63, 3.8) is 0 Å². The first-order chi connectivity index (χ1) is 19.6. The SMILES string of the molecule is Cc1cc[c-]c(-c2cccc(C)n2)c1.Cc1ccc(-c2[c-]ccc(-n3c4ccccc4c4ccccc43)c2)nc1.[Ir]. The fourth-order valence-electron chi connectivity index (χ4n) is 4.99. The zero-order valence-corrected chi connectivity index (χ0v) is 25.6. The molecule has 3 nitrogen and oxygen atoms in total. The summed E-state index contributed by atoms with van der Waals surface area (Å²) in [6.07, 6.45) is 1.90. The van der Waals surface area contributed by atoms with Crippen LogP contribution in [-0.2, 0) is 20.1 Å². The second kappa shape index (κ2) is 12.4. The van der Waals surface area contributed by atoms with Gasteiger partial charge >= 0.3 is 0 Å². The van der Waals surface area contributed by atoms with Crippen molar-refractivity contribution in [2.45, 2.75) is 20.8 Å².